The molecular formula is C25H31FN2O5. The highest BCUT2D eigenvalue weighted by Crippen LogP contribution is 2.44. The zero-order chi connectivity index (χ0) is 23.3. The number of fused-ring (bicyclic) bond motifs is 1. The first-order valence-corrected chi connectivity index (χ1v) is 11.7. The first-order chi connectivity index (χ1) is 15.8. The van der Waals surface area contributed by atoms with Gasteiger partial charge in [-0.15, -0.1) is 0 Å². The molecule has 5 rings (SSSR count). The maximum Gasteiger partial charge on any atom is 0.338 e. The zero-order valence-corrected chi connectivity index (χ0v) is 19.2. The summed E-state index contributed by atoms with van der Waals surface area (Å²) in [5.74, 6) is -0.605. The predicted molar refractivity (Wildman–Crippen MR) is 118 cm³/mol. The molecule has 0 aromatic heterocycles. The summed E-state index contributed by atoms with van der Waals surface area (Å²) < 4.78 is 25.6. The van der Waals surface area contributed by atoms with Gasteiger partial charge in [0, 0.05) is 30.6 Å². The smallest absolute Gasteiger partial charge is 0.338 e. The number of aliphatic hydroxyl groups excluding tert-OH is 1. The second-order valence-electron chi connectivity index (χ2n) is 9.87. The molecular weight excluding hydrogens is 427 g/mol. The van der Waals surface area contributed by atoms with Crippen molar-refractivity contribution in [3.63, 3.8) is 0 Å². The molecule has 0 aliphatic carbocycles. The van der Waals surface area contributed by atoms with Crippen molar-refractivity contribution >= 4 is 11.9 Å². The summed E-state index contributed by atoms with van der Waals surface area (Å²) in [5.41, 5.74) is 4.27. The number of β-amino-alcohol motifs (C(OH)–C–C–N with tert-alkyl or cyclic N) is 1. The van der Waals surface area contributed by atoms with E-state index in [1.54, 1.807) is 13.0 Å². The van der Waals surface area contributed by atoms with Crippen molar-refractivity contribution in [2.75, 3.05) is 39.3 Å². The number of ether oxygens (including phenoxy) is 2. The van der Waals surface area contributed by atoms with E-state index in [1.807, 2.05) is 17.9 Å². The largest absolute Gasteiger partial charge is 0.457 e. The molecule has 1 aromatic rings. The van der Waals surface area contributed by atoms with Crippen LogP contribution in [0.15, 0.2) is 23.4 Å². The van der Waals surface area contributed by atoms with Gasteiger partial charge >= 0.3 is 11.9 Å². The molecule has 1 N–H and O–H groups in total. The second kappa shape index (κ2) is 8.40. The minimum Gasteiger partial charge on any atom is -0.457 e. The van der Waals surface area contributed by atoms with Gasteiger partial charge in [-0.25, -0.2) is 14.0 Å². The molecule has 8 heteroatoms. The molecule has 2 fully saturated rings. The van der Waals surface area contributed by atoms with E-state index in [2.05, 4.69) is 4.90 Å². The molecule has 0 saturated carbocycles. The maximum absolute atomic E-state index is 15.4. The van der Waals surface area contributed by atoms with Crippen molar-refractivity contribution in [3.8, 4) is 0 Å². The van der Waals surface area contributed by atoms with Crippen LogP contribution in [0.1, 0.15) is 59.3 Å². The van der Waals surface area contributed by atoms with E-state index < -0.39 is 12.3 Å². The normalized spacial score (nSPS) is 25.9. The van der Waals surface area contributed by atoms with E-state index in [1.165, 1.54) is 0 Å². The third-order valence-electron chi connectivity index (χ3n) is 8.24. The van der Waals surface area contributed by atoms with Crippen LogP contribution >= 0.6 is 0 Å². The van der Waals surface area contributed by atoms with Crippen LogP contribution in [0.2, 0.25) is 0 Å². The molecule has 2 atom stereocenters. The van der Waals surface area contributed by atoms with Crippen molar-refractivity contribution in [3.05, 3.63) is 45.7 Å². The average Bonchev–Trinajstić information content (AvgIpc) is 3.34. The second-order valence-corrected chi connectivity index (χ2v) is 9.87. The van der Waals surface area contributed by atoms with Crippen LogP contribution in [0.25, 0.3) is 0 Å². The summed E-state index contributed by atoms with van der Waals surface area (Å²) in [5, 5.41) is 10.9. The van der Waals surface area contributed by atoms with Crippen molar-refractivity contribution in [2.45, 2.75) is 52.0 Å². The fourth-order valence-electron chi connectivity index (χ4n) is 5.85. The lowest BCUT2D eigenvalue weighted by atomic mass is 9.69. The number of cyclic esters (lactones) is 2. The van der Waals surface area contributed by atoms with Gasteiger partial charge in [0.15, 0.2) is 0 Å². The number of hydrogen-bond acceptors (Lipinski definition) is 7. The van der Waals surface area contributed by atoms with Crippen LogP contribution in [0.5, 0.6) is 0 Å². The van der Waals surface area contributed by atoms with E-state index in [9.17, 15) is 14.7 Å². The van der Waals surface area contributed by atoms with Crippen LogP contribution in [-0.2, 0) is 20.9 Å². The molecule has 4 aliphatic rings. The minimum atomic E-state index is -0.953. The number of benzene rings is 1. The molecule has 0 unspecified atom stereocenters. The Bertz CT molecular complexity index is 1010. The SMILES string of the molecule is CC1=C(N2CCC3(CCN(C[C@H](O)c4ccc5c(c4C)COC5=O)CC3)[C@H](F)C2)COC1=O. The summed E-state index contributed by atoms with van der Waals surface area (Å²) in [7, 11) is 0. The third-order valence-corrected chi connectivity index (χ3v) is 8.24. The summed E-state index contributed by atoms with van der Waals surface area (Å²) in [6.45, 7) is 7.20. The average molecular weight is 459 g/mol. The lowest BCUT2D eigenvalue weighted by Gasteiger charge is -2.49. The molecule has 1 spiro atoms. The summed E-state index contributed by atoms with van der Waals surface area (Å²) in [6, 6.07) is 3.56. The minimum absolute atomic E-state index is 0.248. The number of esters is 2. The van der Waals surface area contributed by atoms with Crippen molar-refractivity contribution in [2.24, 2.45) is 5.41 Å². The van der Waals surface area contributed by atoms with E-state index in [0.717, 1.165) is 61.3 Å². The number of nitrogens with zero attached hydrogens (tertiary/aromatic N) is 2. The first-order valence-electron chi connectivity index (χ1n) is 11.7. The van der Waals surface area contributed by atoms with Crippen molar-refractivity contribution in [1.82, 2.24) is 9.80 Å². The number of likely N-dealkylation sites (tertiary alicyclic amines) is 2. The van der Waals surface area contributed by atoms with Crippen molar-refractivity contribution < 1.29 is 28.6 Å². The standard InChI is InChI=1S/C25H31FN2O5/c1-15-17(3-4-18-19(15)13-32-24(18)31)21(29)11-27-8-5-25(6-9-27)7-10-28(12-22(25)26)20-14-33-23(30)16(20)2/h3-4,21-22,29H,5-14H2,1-2H3/t21-,22+/m0/s1. The number of carbonyl (C=O) groups is 2. The molecule has 4 aliphatic heterocycles. The quantitative estimate of drug-likeness (QED) is 0.695. The van der Waals surface area contributed by atoms with Crippen LogP contribution in [-0.4, -0.2) is 72.3 Å². The highest BCUT2D eigenvalue weighted by Gasteiger charge is 2.46. The molecule has 0 amide bonds. The Morgan fingerprint density at radius 1 is 1.09 bits per heavy atom. The van der Waals surface area contributed by atoms with Gasteiger partial charge in [0.2, 0.25) is 0 Å². The molecule has 4 heterocycles. The Hall–Kier alpha value is -2.45. The van der Waals surface area contributed by atoms with Gasteiger partial charge in [0.25, 0.3) is 0 Å². The van der Waals surface area contributed by atoms with Gasteiger partial charge in [-0.2, -0.15) is 0 Å². The molecule has 33 heavy (non-hydrogen) atoms. The number of piperidine rings is 2. The molecule has 1 aromatic carbocycles. The zero-order valence-electron chi connectivity index (χ0n) is 19.2. The van der Waals surface area contributed by atoms with Gasteiger partial charge < -0.3 is 24.4 Å². The van der Waals surface area contributed by atoms with Crippen LogP contribution in [0.4, 0.5) is 4.39 Å². The maximum atomic E-state index is 15.4. The number of hydrogen-bond donors (Lipinski definition) is 1. The van der Waals surface area contributed by atoms with Gasteiger partial charge in [0.1, 0.15) is 19.4 Å². The fourth-order valence-corrected chi connectivity index (χ4v) is 5.85. The Morgan fingerprint density at radius 2 is 1.79 bits per heavy atom. The van der Waals surface area contributed by atoms with E-state index in [4.69, 9.17) is 9.47 Å². The predicted octanol–water partition coefficient (Wildman–Crippen LogP) is 2.66. The van der Waals surface area contributed by atoms with Crippen LogP contribution < -0.4 is 0 Å². The van der Waals surface area contributed by atoms with E-state index in [0.29, 0.717) is 24.2 Å². The Balaban J connectivity index is 1.19. The highest BCUT2D eigenvalue weighted by molar-refractivity contribution is 5.94. The van der Waals surface area contributed by atoms with Crippen molar-refractivity contribution in [1.29, 1.82) is 0 Å². The van der Waals surface area contributed by atoms with E-state index in [-0.39, 0.29) is 30.6 Å². The lowest BCUT2D eigenvalue weighted by Crippen LogP contribution is -2.53. The summed E-state index contributed by atoms with van der Waals surface area (Å²) in [4.78, 5) is 27.6. The number of aliphatic hydroxyl groups is 1. The van der Waals surface area contributed by atoms with Gasteiger partial charge in [-0.3, -0.25) is 0 Å². The van der Waals surface area contributed by atoms with Crippen LogP contribution in [0, 0.1) is 12.3 Å². The summed E-state index contributed by atoms with van der Waals surface area (Å²) >= 11 is 0. The Labute approximate surface area is 193 Å². The van der Waals surface area contributed by atoms with Crippen LogP contribution in [0.3, 0.4) is 0 Å². The van der Waals surface area contributed by atoms with Gasteiger partial charge in [-0.1, -0.05) is 6.07 Å². The molecule has 7 nitrogen and oxygen atoms in total. The monoisotopic (exact) mass is 458 g/mol. The lowest BCUT2D eigenvalue weighted by molar-refractivity contribution is -0.136. The summed E-state index contributed by atoms with van der Waals surface area (Å²) in [6.07, 6.45) is 0.651. The number of rotatable bonds is 4. The Kier molecular flexibility index (Phi) is 5.69. The first kappa shape index (κ1) is 22.3. The number of halogens is 1. The molecule has 178 valence electrons. The number of alkyl halides is 1. The van der Waals surface area contributed by atoms with Gasteiger partial charge in [0.05, 0.1) is 22.9 Å². The van der Waals surface area contributed by atoms with E-state index >= 15 is 4.39 Å². The topological polar surface area (TPSA) is 79.3 Å². The highest BCUT2D eigenvalue weighted by atomic mass is 19.1. The molecule has 2 saturated heterocycles. The fraction of sp³-hybridized carbons (Fsp3) is 0.600. The third kappa shape index (κ3) is 3.83. The van der Waals surface area contributed by atoms with Gasteiger partial charge in [-0.05, 0) is 63.4 Å². The molecule has 0 radical (unpaired) electrons. The molecule has 0 bridgehead atoms. The number of carbonyl (C=O) groups excluding carboxylic acids is 2. The Morgan fingerprint density at radius 3 is 2.45 bits per heavy atom.